The van der Waals surface area contributed by atoms with Crippen molar-refractivity contribution >= 4 is 11.6 Å². The minimum atomic E-state index is -0.0107. The van der Waals surface area contributed by atoms with E-state index >= 15 is 0 Å². The van der Waals surface area contributed by atoms with Crippen molar-refractivity contribution < 1.29 is 5.11 Å². The maximum atomic E-state index is 9.29. The molecule has 1 aromatic carbocycles. The number of benzene rings is 1. The molecule has 0 atom stereocenters. The third kappa shape index (κ3) is 1.84. The molecular weight excluding hydrogens is 224 g/mol. The Morgan fingerprint density at radius 3 is 2.69 bits per heavy atom. The largest absolute Gasteiger partial charge is 0.392 e. The molecule has 2 aromatic rings. The van der Waals surface area contributed by atoms with E-state index in [0.29, 0.717) is 5.02 Å². The summed E-state index contributed by atoms with van der Waals surface area (Å²) in [4.78, 5) is 4.24. The molecule has 0 unspecified atom stereocenters. The molecule has 84 valence electrons. The third-order valence-electron chi connectivity index (χ3n) is 2.73. The second-order valence-corrected chi connectivity index (χ2v) is 4.15. The van der Waals surface area contributed by atoms with Crippen LogP contribution in [0.15, 0.2) is 24.5 Å². The molecule has 16 heavy (non-hydrogen) atoms. The molecule has 0 aliphatic carbocycles. The summed E-state index contributed by atoms with van der Waals surface area (Å²) in [6, 6.07) is 5.43. The molecule has 0 radical (unpaired) electrons. The van der Waals surface area contributed by atoms with Crippen LogP contribution in [0.5, 0.6) is 0 Å². The first kappa shape index (κ1) is 11.2. The Balaban J connectivity index is 2.62. The van der Waals surface area contributed by atoms with Gasteiger partial charge in [-0.2, -0.15) is 0 Å². The number of hydrogen-bond acceptors (Lipinski definition) is 2. The van der Waals surface area contributed by atoms with Gasteiger partial charge in [-0.25, -0.2) is 4.98 Å². The van der Waals surface area contributed by atoms with Gasteiger partial charge in [0.2, 0.25) is 0 Å². The second kappa shape index (κ2) is 4.28. The van der Waals surface area contributed by atoms with Gasteiger partial charge in [0.25, 0.3) is 0 Å². The van der Waals surface area contributed by atoms with Gasteiger partial charge in [-0.05, 0) is 26.0 Å². The number of aliphatic hydroxyl groups excluding tert-OH is 1. The summed E-state index contributed by atoms with van der Waals surface area (Å²) in [5.74, 6) is 0. The zero-order chi connectivity index (χ0) is 11.7. The van der Waals surface area contributed by atoms with Gasteiger partial charge in [-0.15, -0.1) is 0 Å². The quantitative estimate of drug-likeness (QED) is 0.871. The first-order valence-electron chi connectivity index (χ1n) is 5.03. The summed E-state index contributed by atoms with van der Waals surface area (Å²) in [6.07, 6.45) is 1.75. The van der Waals surface area contributed by atoms with Crippen molar-refractivity contribution in [1.29, 1.82) is 0 Å². The van der Waals surface area contributed by atoms with E-state index in [1.165, 1.54) is 0 Å². The summed E-state index contributed by atoms with van der Waals surface area (Å²) >= 11 is 5.97. The number of nitrogens with zero attached hydrogens (tertiary/aromatic N) is 2. The summed E-state index contributed by atoms with van der Waals surface area (Å²) in [6.45, 7) is 3.93. The topological polar surface area (TPSA) is 38.0 Å². The average Bonchev–Trinajstić information content (AvgIpc) is 2.60. The average molecular weight is 237 g/mol. The van der Waals surface area contributed by atoms with E-state index in [4.69, 9.17) is 11.6 Å². The lowest BCUT2D eigenvalue weighted by atomic mass is 10.2. The predicted octanol–water partition coefficient (Wildman–Crippen LogP) is 2.63. The van der Waals surface area contributed by atoms with Crippen LogP contribution in [0.3, 0.4) is 0 Å². The molecule has 0 amide bonds. The molecule has 0 aliphatic heterocycles. The van der Waals surface area contributed by atoms with Crippen molar-refractivity contribution in [3.8, 4) is 5.69 Å². The molecule has 3 nitrogen and oxygen atoms in total. The van der Waals surface area contributed by atoms with Crippen LogP contribution in [0, 0.1) is 13.8 Å². The van der Waals surface area contributed by atoms with Crippen molar-refractivity contribution in [1.82, 2.24) is 9.55 Å². The van der Waals surface area contributed by atoms with Crippen LogP contribution in [0.25, 0.3) is 5.69 Å². The van der Waals surface area contributed by atoms with Crippen LogP contribution >= 0.6 is 11.6 Å². The van der Waals surface area contributed by atoms with Gasteiger partial charge in [0.05, 0.1) is 24.3 Å². The van der Waals surface area contributed by atoms with E-state index in [0.717, 1.165) is 22.6 Å². The van der Waals surface area contributed by atoms with E-state index < -0.39 is 0 Å². The minimum Gasteiger partial charge on any atom is -0.392 e. The van der Waals surface area contributed by atoms with E-state index in [2.05, 4.69) is 4.98 Å². The molecule has 1 heterocycles. The van der Waals surface area contributed by atoms with E-state index in [9.17, 15) is 5.11 Å². The number of hydrogen-bond donors (Lipinski definition) is 1. The standard InChI is InChI=1S/C12H13ClN2O/c1-8-9(2)15(7-14-8)12-5-11(13)4-3-10(12)6-16/h3-5,7,16H,6H2,1-2H3. The summed E-state index contributed by atoms with van der Waals surface area (Å²) in [5.41, 5.74) is 3.75. The summed E-state index contributed by atoms with van der Waals surface area (Å²) in [7, 11) is 0. The predicted molar refractivity (Wildman–Crippen MR) is 64.0 cm³/mol. The number of aryl methyl sites for hydroxylation is 1. The van der Waals surface area contributed by atoms with E-state index in [-0.39, 0.29) is 6.61 Å². The maximum Gasteiger partial charge on any atom is 0.0997 e. The molecule has 0 saturated heterocycles. The SMILES string of the molecule is Cc1ncn(-c2cc(Cl)ccc2CO)c1C. The molecule has 1 aromatic heterocycles. The van der Waals surface area contributed by atoms with E-state index in [1.54, 1.807) is 12.4 Å². The first-order chi connectivity index (χ1) is 7.63. The smallest absolute Gasteiger partial charge is 0.0997 e. The van der Waals surface area contributed by atoms with Crippen LogP contribution in [0.1, 0.15) is 17.0 Å². The van der Waals surface area contributed by atoms with Gasteiger partial charge in [0, 0.05) is 16.3 Å². The Bertz CT molecular complexity index is 520. The van der Waals surface area contributed by atoms with Gasteiger partial charge < -0.3 is 9.67 Å². The highest BCUT2D eigenvalue weighted by atomic mass is 35.5. The highest BCUT2D eigenvalue weighted by Gasteiger charge is 2.09. The third-order valence-corrected chi connectivity index (χ3v) is 2.96. The highest BCUT2D eigenvalue weighted by molar-refractivity contribution is 6.30. The Hall–Kier alpha value is -1.32. The fourth-order valence-corrected chi connectivity index (χ4v) is 1.80. The van der Waals surface area contributed by atoms with Crippen molar-refractivity contribution in [2.24, 2.45) is 0 Å². The van der Waals surface area contributed by atoms with Crippen LogP contribution in [-0.2, 0) is 6.61 Å². The van der Waals surface area contributed by atoms with Crippen LogP contribution in [0.2, 0.25) is 5.02 Å². The van der Waals surface area contributed by atoms with E-state index in [1.807, 2.05) is 30.5 Å². The molecule has 2 rings (SSSR count). The van der Waals surface area contributed by atoms with Gasteiger partial charge in [0.1, 0.15) is 0 Å². The first-order valence-corrected chi connectivity index (χ1v) is 5.41. The lowest BCUT2D eigenvalue weighted by Gasteiger charge is -2.10. The van der Waals surface area contributed by atoms with Crippen molar-refractivity contribution in [2.45, 2.75) is 20.5 Å². The Labute approximate surface area is 99.3 Å². The molecule has 1 N–H and O–H groups in total. The zero-order valence-electron chi connectivity index (χ0n) is 9.24. The monoisotopic (exact) mass is 236 g/mol. The Kier molecular flexibility index (Phi) is 2.99. The number of halogens is 1. The molecule has 0 aliphatic rings. The number of aliphatic hydroxyl groups is 1. The number of imidazole rings is 1. The van der Waals surface area contributed by atoms with Gasteiger partial charge >= 0.3 is 0 Å². The van der Waals surface area contributed by atoms with Crippen LogP contribution < -0.4 is 0 Å². The Morgan fingerprint density at radius 1 is 1.38 bits per heavy atom. The summed E-state index contributed by atoms with van der Waals surface area (Å²) < 4.78 is 1.94. The molecule has 0 spiro atoms. The number of rotatable bonds is 2. The number of aromatic nitrogens is 2. The minimum absolute atomic E-state index is 0.0107. The molecule has 4 heteroatoms. The highest BCUT2D eigenvalue weighted by Crippen LogP contribution is 2.22. The van der Waals surface area contributed by atoms with Crippen molar-refractivity contribution in [3.05, 3.63) is 46.5 Å². The fourth-order valence-electron chi connectivity index (χ4n) is 1.64. The fraction of sp³-hybridized carbons (Fsp3) is 0.250. The second-order valence-electron chi connectivity index (χ2n) is 3.72. The lowest BCUT2D eigenvalue weighted by Crippen LogP contribution is -2.00. The van der Waals surface area contributed by atoms with Gasteiger partial charge in [0.15, 0.2) is 0 Å². The van der Waals surface area contributed by atoms with Gasteiger partial charge in [-0.1, -0.05) is 17.7 Å². The molecule has 0 bridgehead atoms. The normalized spacial score (nSPS) is 10.8. The maximum absolute atomic E-state index is 9.29. The summed E-state index contributed by atoms with van der Waals surface area (Å²) in [5, 5.41) is 9.94. The molecular formula is C12H13ClN2O. The lowest BCUT2D eigenvalue weighted by molar-refractivity contribution is 0.281. The Morgan fingerprint density at radius 2 is 2.12 bits per heavy atom. The molecule has 0 fully saturated rings. The van der Waals surface area contributed by atoms with Crippen molar-refractivity contribution in [2.75, 3.05) is 0 Å². The van der Waals surface area contributed by atoms with Crippen LogP contribution in [-0.4, -0.2) is 14.7 Å². The van der Waals surface area contributed by atoms with Gasteiger partial charge in [-0.3, -0.25) is 0 Å². The molecule has 0 saturated carbocycles. The van der Waals surface area contributed by atoms with Crippen molar-refractivity contribution in [3.63, 3.8) is 0 Å². The van der Waals surface area contributed by atoms with Crippen LogP contribution in [0.4, 0.5) is 0 Å². The zero-order valence-corrected chi connectivity index (χ0v) is 9.99.